The zero-order valence-corrected chi connectivity index (χ0v) is 13.8. The van der Waals surface area contributed by atoms with E-state index in [-0.39, 0.29) is 12.2 Å². The molecule has 0 saturated carbocycles. The normalized spacial score (nSPS) is 11.4. The molecule has 0 aliphatic rings. The van der Waals surface area contributed by atoms with Crippen molar-refractivity contribution in [3.8, 4) is 5.69 Å². The van der Waals surface area contributed by atoms with Crippen LogP contribution in [-0.2, 0) is 12.7 Å². The number of rotatable bonds is 4. The first-order chi connectivity index (χ1) is 12.4. The monoisotopic (exact) mass is 360 g/mol. The van der Waals surface area contributed by atoms with Gasteiger partial charge in [0.15, 0.2) is 5.69 Å². The fourth-order valence-electron chi connectivity index (χ4n) is 2.51. The van der Waals surface area contributed by atoms with Crippen molar-refractivity contribution in [1.82, 2.24) is 20.1 Å². The van der Waals surface area contributed by atoms with E-state index >= 15 is 0 Å². The van der Waals surface area contributed by atoms with Crippen molar-refractivity contribution in [1.29, 1.82) is 0 Å². The van der Waals surface area contributed by atoms with Crippen LogP contribution < -0.4 is 5.32 Å². The SMILES string of the molecule is Cc1cccc(-n2ncc(C(=O)NCc3ccccn3)c2C(F)(F)F)c1. The molecule has 0 saturated heterocycles. The Morgan fingerprint density at radius 3 is 2.65 bits per heavy atom. The Morgan fingerprint density at radius 1 is 1.19 bits per heavy atom. The Kier molecular flexibility index (Phi) is 4.75. The number of pyridine rings is 1. The van der Waals surface area contributed by atoms with Crippen molar-refractivity contribution in [2.45, 2.75) is 19.6 Å². The molecule has 1 amide bonds. The van der Waals surface area contributed by atoms with Crippen LogP contribution in [0.1, 0.15) is 27.3 Å². The maximum atomic E-state index is 13.6. The van der Waals surface area contributed by atoms with Crippen LogP contribution >= 0.6 is 0 Å². The number of carbonyl (C=O) groups is 1. The van der Waals surface area contributed by atoms with Gasteiger partial charge in [0.05, 0.1) is 29.7 Å². The molecule has 0 atom stereocenters. The van der Waals surface area contributed by atoms with E-state index < -0.39 is 23.3 Å². The first-order valence-corrected chi connectivity index (χ1v) is 7.76. The van der Waals surface area contributed by atoms with Crippen molar-refractivity contribution in [3.63, 3.8) is 0 Å². The standard InChI is InChI=1S/C18H15F3N4O/c1-12-5-4-7-14(9-12)25-16(18(19,20)21)15(11-24-25)17(26)23-10-13-6-2-3-8-22-13/h2-9,11H,10H2,1H3,(H,23,26). The molecule has 3 rings (SSSR count). The van der Waals surface area contributed by atoms with Crippen LogP contribution in [0.25, 0.3) is 5.69 Å². The first kappa shape index (κ1) is 17.7. The highest BCUT2D eigenvalue weighted by atomic mass is 19.4. The molecule has 0 fully saturated rings. The summed E-state index contributed by atoms with van der Waals surface area (Å²) < 4.78 is 41.5. The molecule has 0 bridgehead atoms. The van der Waals surface area contributed by atoms with Crippen LogP contribution in [0.3, 0.4) is 0 Å². The molecule has 5 nitrogen and oxygen atoms in total. The number of nitrogens with one attached hydrogen (secondary N) is 1. The van der Waals surface area contributed by atoms with Crippen LogP contribution in [0.4, 0.5) is 13.2 Å². The number of halogens is 3. The van der Waals surface area contributed by atoms with E-state index in [1.165, 1.54) is 6.07 Å². The van der Waals surface area contributed by atoms with Crippen molar-refractivity contribution in [2.24, 2.45) is 0 Å². The number of hydrogen-bond donors (Lipinski definition) is 1. The summed E-state index contributed by atoms with van der Waals surface area (Å²) in [6.07, 6.45) is -2.27. The van der Waals surface area contributed by atoms with Gasteiger partial charge in [0.1, 0.15) is 0 Å². The minimum absolute atomic E-state index is 0.0204. The van der Waals surface area contributed by atoms with E-state index in [4.69, 9.17) is 0 Å². The fourth-order valence-corrected chi connectivity index (χ4v) is 2.51. The number of aromatic nitrogens is 3. The molecular weight excluding hydrogens is 345 g/mol. The van der Waals surface area contributed by atoms with Crippen LogP contribution in [0.2, 0.25) is 0 Å². The van der Waals surface area contributed by atoms with Gasteiger partial charge in [-0.05, 0) is 36.8 Å². The summed E-state index contributed by atoms with van der Waals surface area (Å²) >= 11 is 0. The van der Waals surface area contributed by atoms with E-state index in [1.54, 1.807) is 49.5 Å². The largest absolute Gasteiger partial charge is 0.434 e. The Bertz CT molecular complexity index is 920. The summed E-state index contributed by atoms with van der Waals surface area (Å²) in [4.78, 5) is 16.3. The number of carbonyl (C=O) groups excluding carboxylic acids is 1. The first-order valence-electron chi connectivity index (χ1n) is 7.76. The molecule has 2 aromatic heterocycles. The molecule has 0 radical (unpaired) electrons. The van der Waals surface area contributed by atoms with Gasteiger partial charge in [0, 0.05) is 6.20 Å². The number of benzene rings is 1. The third-order valence-corrected chi connectivity index (χ3v) is 3.68. The van der Waals surface area contributed by atoms with Gasteiger partial charge in [0.2, 0.25) is 0 Å². The minimum atomic E-state index is -4.74. The van der Waals surface area contributed by atoms with Crippen LogP contribution in [0, 0.1) is 6.92 Å². The second-order valence-electron chi connectivity index (χ2n) is 5.66. The lowest BCUT2D eigenvalue weighted by atomic mass is 10.2. The van der Waals surface area contributed by atoms with Gasteiger partial charge in [-0.25, -0.2) is 4.68 Å². The topological polar surface area (TPSA) is 59.8 Å². The molecular formula is C18H15F3N4O. The highest BCUT2D eigenvalue weighted by Gasteiger charge is 2.40. The molecule has 1 aromatic carbocycles. The third kappa shape index (κ3) is 3.74. The Balaban J connectivity index is 1.93. The molecule has 1 N–H and O–H groups in total. The molecule has 0 unspecified atom stereocenters. The number of hydrogen-bond acceptors (Lipinski definition) is 3. The highest BCUT2D eigenvalue weighted by Crippen LogP contribution is 2.33. The molecule has 3 aromatic rings. The number of aryl methyl sites for hydroxylation is 1. The van der Waals surface area contributed by atoms with Gasteiger partial charge in [-0.1, -0.05) is 18.2 Å². The van der Waals surface area contributed by atoms with Gasteiger partial charge in [-0.3, -0.25) is 9.78 Å². The number of alkyl halides is 3. The molecule has 26 heavy (non-hydrogen) atoms. The van der Waals surface area contributed by atoms with Crippen molar-refractivity contribution >= 4 is 5.91 Å². The average molecular weight is 360 g/mol. The molecule has 134 valence electrons. The number of amides is 1. The predicted octanol–water partition coefficient (Wildman–Crippen LogP) is 3.52. The maximum absolute atomic E-state index is 13.6. The maximum Gasteiger partial charge on any atom is 0.434 e. The lowest BCUT2D eigenvalue weighted by molar-refractivity contribution is -0.143. The van der Waals surface area contributed by atoms with Gasteiger partial charge in [-0.15, -0.1) is 0 Å². The van der Waals surface area contributed by atoms with E-state index in [9.17, 15) is 18.0 Å². The van der Waals surface area contributed by atoms with Crippen LogP contribution in [0.15, 0.2) is 54.9 Å². The molecule has 0 aliphatic heterocycles. The number of nitrogens with zero attached hydrogens (tertiary/aromatic N) is 3. The van der Waals surface area contributed by atoms with Crippen LogP contribution in [0.5, 0.6) is 0 Å². The van der Waals surface area contributed by atoms with Gasteiger partial charge in [-0.2, -0.15) is 18.3 Å². The average Bonchev–Trinajstić information content (AvgIpc) is 3.06. The van der Waals surface area contributed by atoms with E-state index in [2.05, 4.69) is 15.4 Å². The van der Waals surface area contributed by atoms with E-state index in [0.717, 1.165) is 16.4 Å². The predicted molar refractivity (Wildman–Crippen MR) is 88.7 cm³/mol. The second kappa shape index (κ2) is 6.99. The van der Waals surface area contributed by atoms with E-state index in [1.807, 2.05) is 0 Å². The fraction of sp³-hybridized carbons (Fsp3) is 0.167. The zero-order chi connectivity index (χ0) is 18.7. The summed E-state index contributed by atoms with van der Waals surface area (Å²) in [6, 6.07) is 11.6. The van der Waals surface area contributed by atoms with Gasteiger partial charge >= 0.3 is 6.18 Å². The quantitative estimate of drug-likeness (QED) is 0.774. The zero-order valence-electron chi connectivity index (χ0n) is 13.8. The summed E-state index contributed by atoms with van der Waals surface area (Å²) in [5.41, 5.74) is -0.0783. The molecule has 0 aliphatic carbocycles. The van der Waals surface area contributed by atoms with E-state index in [0.29, 0.717) is 5.69 Å². The molecule has 0 spiro atoms. The van der Waals surface area contributed by atoms with Crippen molar-refractivity contribution < 1.29 is 18.0 Å². The second-order valence-corrected chi connectivity index (χ2v) is 5.66. The van der Waals surface area contributed by atoms with Crippen molar-refractivity contribution in [2.75, 3.05) is 0 Å². The Labute approximate surface area is 147 Å². The Morgan fingerprint density at radius 2 is 2.00 bits per heavy atom. The van der Waals surface area contributed by atoms with Crippen LogP contribution in [-0.4, -0.2) is 20.7 Å². The lowest BCUT2D eigenvalue weighted by Gasteiger charge is -2.13. The summed E-state index contributed by atoms with van der Waals surface area (Å²) in [5.74, 6) is -0.859. The lowest BCUT2D eigenvalue weighted by Crippen LogP contribution is -2.26. The van der Waals surface area contributed by atoms with Gasteiger partial charge < -0.3 is 5.32 Å². The van der Waals surface area contributed by atoms with Gasteiger partial charge in [0.25, 0.3) is 5.91 Å². The summed E-state index contributed by atoms with van der Waals surface area (Å²) in [5, 5.41) is 6.24. The third-order valence-electron chi connectivity index (χ3n) is 3.68. The minimum Gasteiger partial charge on any atom is -0.346 e. The molecule has 8 heteroatoms. The Hall–Kier alpha value is -3.16. The highest BCUT2D eigenvalue weighted by molar-refractivity contribution is 5.95. The summed E-state index contributed by atoms with van der Waals surface area (Å²) in [6.45, 7) is 1.79. The molecule has 2 heterocycles. The smallest absolute Gasteiger partial charge is 0.346 e. The summed E-state index contributed by atoms with van der Waals surface area (Å²) in [7, 11) is 0. The van der Waals surface area contributed by atoms with Crippen molar-refractivity contribution in [3.05, 3.63) is 77.4 Å².